The highest BCUT2D eigenvalue weighted by Crippen LogP contribution is 2.27. The number of anilines is 1. The number of fused-ring (bicyclic) bond motifs is 1. The van der Waals surface area contributed by atoms with Crippen LogP contribution in [0.1, 0.15) is 44.3 Å². The number of nitrogens with zero attached hydrogens (tertiary/aromatic N) is 1. The molecule has 0 saturated carbocycles. The summed E-state index contributed by atoms with van der Waals surface area (Å²) in [6.07, 6.45) is 3.71. The molecular weight excluding hydrogens is 292 g/mol. The maximum atomic E-state index is 12.3. The van der Waals surface area contributed by atoms with E-state index in [2.05, 4.69) is 15.2 Å². The number of aryl methyl sites for hydroxylation is 1. The predicted molar refractivity (Wildman–Crippen MR) is 76.8 cm³/mol. The minimum absolute atomic E-state index is 0.312. The maximum Gasteiger partial charge on any atom is 0.350 e. The Kier molecular flexibility index (Phi) is 3.74. The molecule has 0 bridgehead atoms. The van der Waals surface area contributed by atoms with E-state index in [1.807, 2.05) is 0 Å². The summed E-state index contributed by atoms with van der Waals surface area (Å²) in [6.45, 7) is 0. The average molecular weight is 306 g/mol. The molecule has 2 aromatic heterocycles. The Morgan fingerprint density at radius 1 is 1.38 bits per heavy atom. The Labute approximate surface area is 125 Å². The van der Waals surface area contributed by atoms with E-state index in [-0.39, 0.29) is 5.91 Å². The third-order valence-electron chi connectivity index (χ3n) is 3.45. The number of ether oxygens (including phenoxy) is 1. The lowest BCUT2D eigenvalue weighted by Gasteiger charge is -2.09. The fourth-order valence-corrected chi connectivity index (χ4v) is 3.17. The molecule has 21 heavy (non-hydrogen) atoms. The molecule has 2 aromatic rings. The van der Waals surface area contributed by atoms with Crippen LogP contribution in [0.5, 0.6) is 0 Å². The number of methoxy groups -OCH3 is 1. The highest BCUT2D eigenvalue weighted by Gasteiger charge is 2.25. The third-order valence-corrected chi connectivity index (χ3v) is 4.34. The van der Waals surface area contributed by atoms with Crippen molar-refractivity contribution in [1.29, 1.82) is 0 Å². The molecule has 0 saturated heterocycles. The van der Waals surface area contributed by atoms with Gasteiger partial charge in [0.05, 0.1) is 12.8 Å². The molecule has 1 aliphatic rings. The molecular formula is C14H14N2O4S. The van der Waals surface area contributed by atoms with Crippen LogP contribution in [0, 0.1) is 0 Å². The van der Waals surface area contributed by atoms with Gasteiger partial charge in [-0.1, -0.05) is 5.16 Å². The van der Waals surface area contributed by atoms with Crippen LogP contribution < -0.4 is 5.32 Å². The number of nitrogens with one attached hydrogen (secondary N) is 1. The van der Waals surface area contributed by atoms with Crippen LogP contribution in [-0.4, -0.2) is 24.1 Å². The summed E-state index contributed by atoms with van der Waals surface area (Å²) in [7, 11) is 1.31. The molecule has 2 heterocycles. The number of carbonyl (C=O) groups is 2. The van der Waals surface area contributed by atoms with Crippen LogP contribution in [-0.2, 0) is 17.6 Å². The lowest BCUT2D eigenvalue weighted by molar-refractivity contribution is 0.0607. The van der Waals surface area contributed by atoms with Crippen LogP contribution in [0.15, 0.2) is 16.0 Å². The molecule has 0 atom stereocenters. The minimum atomic E-state index is -0.470. The average Bonchev–Trinajstić information content (AvgIpc) is 3.12. The molecule has 1 N–H and O–H groups in total. The Morgan fingerprint density at radius 3 is 3.00 bits per heavy atom. The van der Waals surface area contributed by atoms with E-state index in [1.54, 1.807) is 11.4 Å². The van der Waals surface area contributed by atoms with Crippen molar-refractivity contribution in [2.45, 2.75) is 25.7 Å². The van der Waals surface area contributed by atoms with Crippen LogP contribution in [0.4, 0.5) is 5.69 Å². The second-order valence-corrected chi connectivity index (χ2v) is 5.67. The summed E-state index contributed by atoms with van der Waals surface area (Å²) in [5.74, 6) is -0.0298. The van der Waals surface area contributed by atoms with Gasteiger partial charge in [0.25, 0.3) is 5.91 Å². The monoisotopic (exact) mass is 306 g/mol. The largest absolute Gasteiger partial charge is 0.465 e. The molecule has 6 nitrogen and oxygen atoms in total. The number of hydrogen-bond acceptors (Lipinski definition) is 6. The molecule has 0 spiro atoms. The van der Waals surface area contributed by atoms with Gasteiger partial charge in [0.2, 0.25) is 0 Å². The normalized spacial score (nSPS) is 13.6. The highest BCUT2D eigenvalue weighted by atomic mass is 32.1. The number of hydrogen-bond donors (Lipinski definition) is 1. The molecule has 3 rings (SSSR count). The summed E-state index contributed by atoms with van der Waals surface area (Å²) in [6, 6.07) is 1.67. The lowest BCUT2D eigenvalue weighted by atomic mass is 9.96. The van der Waals surface area contributed by atoms with Crippen molar-refractivity contribution in [3.8, 4) is 0 Å². The van der Waals surface area contributed by atoms with E-state index in [0.717, 1.165) is 37.0 Å². The van der Waals surface area contributed by atoms with Crippen molar-refractivity contribution in [2.75, 3.05) is 12.4 Å². The van der Waals surface area contributed by atoms with Crippen molar-refractivity contribution < 1.29 is 18.8 Å². The van der Waals surface area contributed by atoms with Crippen LogP contribution in [0.3, 0.4) is 0 Å². The Morgan fingerprint density at radius 2 is 2.19 bits per heavy atom. The quantitative estimate of drug-likeness (QED) is 0.882. The summed E-state index contributed by atoms with van der Waals surface area (Å²) in [4.78, 5) is 24.3. The zero-order chi connectivity index (χ0) is 14.8. The second-order valence-electron chi connectivity index (χ2n) is 4.75. The maximum absolute atomic E-state index is 12.3. The van der Waals surface area contributed by atoms with Gasteiger partial charge < -0.3 is 14.6 Å². The van der Waals surface area contributed by atoms with Gasteiger partial charge in [-0.2, -0.15) is 0 Å². The topological polar surface area (TPSA) is 81.4 Å². The molecule has 110 valence electrons. The van der Waals surface area contributed by atoms with Gasteiger partial charge in [0.15, 0.2) is 5.69 Å². The zero-order valence-electron chi connectivity index (χ0n) is 11.5. The van der Waals surface area contributed by atoms with Crippen LogP contribution in [0.2, 0.25) is 0 Å². The standard InChI is InChI=1S/C14H14N2O4S/c1-19-14(18)12-9(6-7-21-12)15-13(17)11-8-4-2-3-5-10(8)20-16-11/h6-7H,2-5H2,1H3,(H,15,17). The van der Waals surface area contributed by atoms with E-state index < -0.39 is 5.97 Å². The van der Waals surface area contributed by atoms with Gasteiger partial charge >= 0.3 is 5.97 Å². The minimum Gasteiger partial charge on any atom is -0.465 e. The molecule has 7 heteroatoms. The predicted octanol–water partition coefficient (Wildman–Crippen LogP) is 2.65. The molecule has 0 radical (unpaired) electrons. The first-order chi connectivity index (χ1) is 10.2. The molecule has 1 aliphatic carbocycles. The van der Waals surface area contributed by atoms with Gasteiger partial charge in [0, 0.05) is 12.0 Å². The number of aromatic nitrogens is 1. The first-order valence-corrected chi connectivity index (χ1v) is 7.53. The van der Waals surface area contributed by atoms with Crippen molar-refractivity contribution in [3.63, 3.8) is 0 Å². The van der Waals surface area contributed by atoms with Gasteiger partial charge in [0.1, 0.15) is 10.6 Å². The second kappa shape index (κ2) is 5.69. The van der Waals surface area contributed by atoms with E-state index in [9.17, 15) is 9.59 Å². The molecule has 1 amide bonds. The number of carbonyl (C=O) groups excluding carboxylic acids is 2. The molecule has 0 unspecified atom stereocenters. The number of rotatable bonds is 3. The highest BCUT2D eigenvalue weighted by molar-refractivity contribution is 7.12. The van der Waals surface area contributed by atoms with E-state index in [4.69, 9.17) is 4.52 Å². The first kappa shape index (κ1) is 13.8. The summed E-state index contributed by atoms with van der Waals surface area (Å²) in [5, 5.41) is 8.30. The van der Waals surface area contributed by atoms with E-state index >= 15 is 0 Å². The van der Waals surface area contributed by atoms with Crippen molar-refractivity contribution >= 4 is 28.9 Å². The van der Waals surface area contributed by atoms with E-state index in [0.29, 0.717) is 16.3 Å². The molecule has 0 aromatic carbocycles. The van der Waals surface area contributed by atoms with Gasteiger partial charge in [-0.3, -0.25) is 4.79 Å². The Balaban J connectivity index is 1.83. The van der Waals surface area contributed by atoms with Crippen LogP contribution >= 0.6 is 11.3 Å². The Hall–Kier alpha value is -2.15. The lowest BCUT2D eigenvalue weighted by Crippen LogP contribution is -2.17. The SMILES string of the molecule is COC(=O)c1sccc1NC(=O)c1noc2c1CCCC2. The fourth-order valence-electron chi connectivity index (χ4n) is 2.40. The molecule has 0 aliphatic heterocycles. The third kappa shape index (κ3) is 2.56. The van der Waals surface area contributed by atoms with Gasteiger partial charge in [-0.05, 0) is 30.7 Å². The summed E-state index contributed by atoms with van der Waals surface area (Å²) < 4.78 is 9.91. The number of amides is 1. The van der Waals surface area contributed by atoms with E-state index in [1.165, 1.54) is 18.4 Å². The van der Waals surface area contributed by atoms with Crippen molar-refractivity contribution in [2.24, 2.45) is 0 Å². The fraction of sp³-hybridized carbons (Fsp3) is 0.357. The number of esters is 1. The van der Waals surface area contributed by atoms with Crippen LogP contribution in [0.25, 0.3) is 0 Å². The van der Waals surface area contributed by atoms with Gasteiger partial charge in [-0.15, -0.1) is 11.3 Å². The first-order valence-electron chi connectivity index (χ1n) is 6.65. The van der Waals surface area contributed by atoms with Crippen molar-refractivity contribution in [1.82, 2.24) is 5.16 Å². The van der Waals surface area contributed by atoms with Gasteiger partial charge in [-0.25, -0.2) is 4.79 Å². The molecule has 0 fully saturated rings. The zero-order valence-corrected chi connectivity index (χ0v) is 12.3. The smallest absolute Gasteiger partial charge is 0.350 e. The Bertz CT molecular complexity index is 689. The number of thiophene rings is 1. The van der Waals surface area contributed by atoms with Crippen molar-refractivity contribution in [3.05, 3.63) is 33.3 Å². The summed E-state index contributed by atoms with van der Waals surface area (Å²) in [5.41, 5.74) is 1.63. The summed E-state index contributed by atoms with van der Waals surface area (Å²) >= 11 is 1.22.